The third kappa shape index (κ3) is 9.11. The minimum Gasteiger partial charge on any atom is -0.507 e. The summed E-state index contributed by atoms with van der Waals surface area (Å²) < 4.78 is 9.91. The molecule has 196 valence electrons. The lowest BCUT2D eigenvalue weighted by molar-refractivity contribution is -0.144. The van der Waals surface area contributed by atoms with Gasteiger partial charge in [0.25, 0.3) is 0 Å². The van der Waals surface area contributed by atoms with Crippen LogP contribution in [0.4, 0.5) is 4.79 Å². The average molecular weight is 494 g/mol. The van der Waals surface area contributed by atoms with E-state index in [0.717, 1.165) is 0 Å². The molecular formula is C25H39N3O7. The number of ether oxygens (including phenoxy) is 2. The smallest absolute Gasteiger partial charge is 0.408 e. The minimum atomic E-state index is -1.26. The van der Waals surface area contributed by atoms with Gasteiger partial charge in [-0.3, -0.25) is 14.4 Å². The summed E-state index contributed by atoms with van der Waals surface area (Å²) in [7, 11) is 1.19. The SMILES string of the molecule is CCN(C(=O)C(CC(C)C)NC(=O)OC(C)(C)C)C(C(=O)NCC(=O)OC)c1cccc(C)c1O. The highest BCUT2D eigenvalue weighted by molar-refractivity contribution is 5.93. The van der Waals surface area contributed by atoms with E-state index in [-0.39, 0.29) is 23.8 Å². The van der Waals surface area contributed by atoms with Crippen LogP contribution in [-0.4, -0.2) is 65.7 Å². The quantitative estimate of drug-likeness (QED) is 0.427. The molecule has 1 aromatic carbocycles. The van der Waals surface area contributed by atoms with Crippen LogP contribution in [0.3, 0.4) is 0 Å². The van der Waals surface area contributed by atoms with Crippen LogP contribution in [-0.2, 0) is 23.9 Å². The Labute approximate surface area is 207 Å². The number of hydrogen-bond acceptors (Lipinski definition) is 7. The van der Waals surface area contributed by atoms with Gasteiger partial charge in [-0.2, -0.15) is 0 Å². The van der Waals surface area contributed by atoms with E-state index >= 15 is 0 Å². The largest absolute Gasteiger partial charge is 0.507 e. The highest BCUT2D eigenvalue weighted by Crippen LogP contribution is 2.32. The fourth-order valence-electron chi connectivity index (χ4n) is 3.49. The van der Waals surface area contributed by atoms with E-state index in [4.69, 9.17) is 4.74 Å². The highest BCUT2D eigenvalue weighted by Gasteiger charge is 2.37. The van der Waals surface area contributed by atoms with Crippen molar-refractivity contribution in [2.75, 3.05) is 20.2 Å². The van der Waals surface area contributed by atoms with Crippen LogP contribution >= 0.6 is 0 Å². The Morgan fingerprint density at radius 2 is 1.77 bits per heavy atom. The van der Waals surface area contributed by atoms with Gasteiger partial charge in [-0.05, 0) is 52.5 Å². The molecule has 10 heteroatoms. The van der Waals surface area contributed by atoms with Crippen LogP contribution in [0.5, 0.6) is 5.75 Å². The molecule has 1 rings (SSSR count). The predicted molar refractivity (Wildman–Crippen MR) is 131 cm³/mol. The molecule has 1 aromatic rings. The van der Waals surface area contributed by atoms with E-state index in [2.05, 4.69) is 15.4 Å². The van der Waals surface area contributed by atoms with Crippen molar-refractivity contribution in [2.45, 2.75) is 72.6 Å². The van der Waals surface area contributed by atoms with Crippen molar-refractivity contribution in [3.05, 3.63) is 29.3 Å². The zero-order chi connectivity index (χ0) is 26.9. The van der Waals surface area contributed by atoms with Gasteiger partial charge < -0.3 is 30.1 Å². The second-order valence-corrected chi connectivity index (χ2v) is 9.66. The third-order valence-electron chi connectivity index (χ3n) is 5.08. The molecule has 10 nitrogen and oxygen atoms in total. The standard InChI is InChI=1S/C25H39N3O7/c1-9-28(23(32)18(13-15(2)3)27-24(33)35-25(5,6)7)20(22(31)26-14-19(29)34-8)17-12-10-11-16(4)21(17)30/h10-12,15,18,20,30H,9,13-14H2,1-8H3,(H,26,31)(H,27,33). The highest BCUT2D eigenvalue weighted by atomic mass is 16.6. The molecule has 0 aliphatic heterocycles. The molecule has 0 radical (unpaired) electrons. The summed E-state index contributed by atoms with van der Waals surface area (Å²) in [5.74, 6) is -1.96. The molecule has 2 unspecified atom stereocenters. The van der Waals surface area contributed by atoms with Gasteiger partial charge in [0.2, 0.25) is 11.8 Å². The maximum absolute atomic E-state index is 13.7. The Morgan fingerprint density at radius 3 is 2.29 bits per heavy atom. The van der Waals surface area contributed by atoms with Crippen LogP contribution in [0.2, 0.25) is 0 Å². The minimum absolute atomic E-state index is 0.0385. The van der Waals surface area contributed by atoms with Crippen LogP contribution < -0.4 is 10.6 Å². The number of nitrogens with one attached hydrogen (secondary N) is 2. The van der Waals surface area contributed by atoms with Gasteiger partial charge in [-0.25, -0.2) is 4.79 Å². The number of esters is 1. The number of phenols is 1. The number of benzene rings is 1. The van der Waals surface area contributed by atoms with Crippen molar-refractivity contribution < 1.29 is 33.8 Å². The normalized spacial score (nSPS) is 12.9. The van der Waals surface area contributed by atoms with Gasteiger partial charge >= 0.3 is 12.1 Å². The molecule has 0 saturated heterocycles. The van der Waals surface area contributed by atoms with Crippen molar-refractivity contribution in [2.24, 2.45) is 5.92 Å². The van der Waals surface area contributed by atoms with E-state index < -0.39 is 48.1 Å². The number of amides is 3. The van der Waals surface area contributed by atoms with Gasteiger partial charge in [0.1, 0.15) is 30.0 Å². The number of aromatic hydroxyl groups is 1. The Bertz CT molecular complexity index is 909. The fraction of sp³-hybridized carbons (Fsp3) is 0.600. The summed E-state index contributed by atoms with van der Waals surface area (Å²) >= 11 is 0. The van der Waals surface area contributed by atoms with Crippen LogP contribution in [0.25, 0.3) is 0 Å². The number of alkyl carbamates (subject to hydrolysis) is 1. The summed E-state index contributed by atoms with van der Waals surface area (Å²) in [5, 5.41) is 15.8. The van der Waals surface area contributed by atoms with Crippen LogP contribution in [0.1, 0.15) is 65.1 Å². The van der Waals surface area contributed by atoms with Gasteiger partial charge in [-0.1, -0.05) is 32.0 Å². The zero-order valence-corrected chi connectivity index (χ0v) is 21.9. The predicted octanol–water partition coefficient (Wildman–Crippen LogP) is 2.82. The van der Waals surface area contributed by atoms with Crippen molar-refractivity contribution in [1.82, 2.24) is 15.5 Å². The number of carbonyl (C=O) groups excluding carboxylic acids is 4. The topological polar surface area (TPSA) is 134 Å². The van der Waals surface area contributed by atoms with Gasteiger partial charge in [0.05, 0.1) is 7.11 Å². The number of hydrogen-bond donors (Lipinski definition) is 3. The van der Waals surface area contributed by atoms with E-state index in [1.807, 2.05) is 13.8 Å². The lowest BCUT2D eigenvalue weighted by Crippen LogP contribution is -2.53. The third-order valence-corrected chi connectivity index (χ3v) is 5.08. The first-order valence-electron chi connectivity index (χ1n) is 11.6. The summed E-state index contributed by atoms with van der Waals surface area (Å²) in [6.45, 7) is 12.0. The van der Waals surface area contributed by atoms with Crippen LogP contribution in [0, 0.1) is 12.8 Å². The number of rotatable bonds is 10. The van der Waals surface area contributed by atoms with Crippen molar-refractivity contribution in [3.8, 4) is 5.75 Å². The second-order valence-electron chi connectivity index (χ2n) is 9.66. The Kier molecular flexibility index (Phi) is 11.0. The zero-order valence-electron chi connectivity index (χ0n) is 21.9. The number of phenolic OH excluding ortho intramolecular Hbond substituents is 1. The van der Waals surface area contributed by atoms with E-state index in [9.17, 15) is 24.3 Å². The summed E-state index contributed by atoms with van der Waals surface area (Å²) in [4.78, 5) is 52.3. The first kappa shape index (κ1) is 29.7. The van der Waals surface area contributed by atoms with Crippen LogP contribution in [0.15, 0.2) is 18.2 Å². The molecule has 0 aliphatic rings. The van der Waals surface area contributed by atoms with E-state index in [1.165, 1.54) is 12.0 Å². The number of carbonyl (C=O) groups is 4. The fourth-order valence-corrected chi connectivity index (χ4v) is 3.49. The molecule has 0 heterocycles. The lowest BCUT2D eigenvalue weighted by Gasteiger charge is -2.34. The summed E-state index contributed by atoms with van der Waals surface area (Å²) in [6.07, 6.45) is -0.456. The Balaban J connectivity index is 3.43. The molecule has 0 bridgehead atoms. The lowest BCUT2D eigenvalue weighted by atomic mass is 9.97. The molecule has 0 fully saturated rings. The monoisotopic (exact) mass is 493 g/mol. The van der Waals surface area contributed by atoms with E-state index in [0.29, 0.717) is 12.0 Å². The number of methoxy groups -OCH3 is 1. The number of nitrogens with zero attached hydrogens (tertiary/aromatic N) is 1. The number of para-hydroxylation sites is 1. The van der Waals surface area contributed by atoms with Gasteiger partial charge in [0, 0.05) is 12.1 Å². The first-order chi connectivity index (χ1) is 16.2. The molecule has 0 aromatic heterocycles. The molecule has 0 spiro atoms. The molecule has 2 atom stereocenters. The maximum atomic E-state index is 13.7. The summed E-state index contributed by atoms with van der Waals surface area (Å²) in [6, 6.07) is 2.64. The average Bonchev–Trinajstić information content (AvgIpc) is 2.75. The summed E-state index contributed by atoms with van der Waals surface area (Å²) in [5.41, 5.74) is -0.0469. The van der Waals surface area contributed by atoms with Gasteiger partial charge in [-0.15, -0.1) is 0 Å². The van der Waals surface area contributed by atoms with Crippen molar-refractivity contribution >= 4 is 23.9 Å². The maximum Gasteiger partial charge on any atom is 0.408 e. The first-order valence-corrected chi connectivity index (χ1v) is 11.6. The second kappa shape index (κ2) is 13.0. The molecule has 35 heavy (non-hydrogen) atoms. The Hall–Kier alpha value is -3.30. The molecule has 3 N–H and O–H groups in total. The van der Waals surface area contributed by atoms with Crippen molar-refractivity contribution in [1.29, 1.82) is 0 Å². The van der Waals surface area contributed by atoms with Gasteiger partial charge in [0.15, 0.2) is 0 Å². The molecule has 3 amide bonds. The molecule has 0 saturated carbocycles. The molecule has 0 aliphatic carbocycles. The van der Waals surface area contributed by atoms with Crippen molar-refractivity contribution in [3.63, 3.8) is 0 Å². The number of aryl methyl sites for hydroxylation is 1. The van der Waals surface area contributed by atoms with E-state index in [1.54, 1.807) is 52.8 Å². The Morgan fingerprint density at radius 1 is 1.14 bits per heavy atom. The number of likely N-dealkylation sites (N-methyl/N-ethyl adjacent to an activating group) is 1. The molecular weight excluding hydrogens is 454 g/mol.